The van der Waals surface area contributed by atoms with Crippen molar-refractivity contribution >= 4 is 12.3 Å². The van der Waals surface area contributed by atoms with Crippen molar-refractivity contribution in [1.82, 2.24) is 0 Å². The molecule has 126 valence electrons. The molecule has 7 atom stereocenters. The van der Waals surface area contributed by atoms with Crippen molar-refractivity contribution in [1.29, 1.82) is 0 Å². The first kappa shape index (κ1) is 15.4. The average Bonchev–Trinajstić information content (AvgIpc) is 2.87. The first-order chi connectivity index (χ1) is 10.8. The lowest BCUT2D eigenvalue weighted by Gasteiger charge is -2.50. The molecular weight excluding hydrogens is 288 g/mol. The Balaban J connectivity index is 1.90. The normalized spacial score (nSPS) is 54.4. The van der Waals surface area contributed by atoms with Crippen LogP contribution < -0.4 is 0 Å². The first-order valence-corrected chi connectivity index (χ1v) is 9.16. The number of carboxylic acids is 1. The van der Waals surface area contributed by atoms with Crippen LogP contribution in [0.3, 0.4) is 0 Å². The Hall–Kier alpha value is -1.12. The Kier molecular flexibility index (Phi) is 3.01. The fourth-order valence-corrected chi connectivity index (χ4v) is 7.80. The number of allylic oxidation sites excluding steroid dienone is 1. The second kappa shape index (κ2) is 4.49. The quantitative estimate of drug-likeness (QED) is 0.617. The second-order valence-electron chi connectivity index (χ2n) is 9.32. The zero-order chi connectivity index (χ0) is 16.6. The van der Waals surface area contributed by atoms with Crippen molar-refractivity contribution in [2.75, 3.05) is 0 Å². The maximum absolute atomic E-state index is 12.2. The molecule has 7 unspecified atom stereocenters. The molecule has 1 N–H and O–H groups in total. The molecule has 4 fully saturated rings. The lowest BCUT2D eigenvalue weighted by atomic mass is 9.53. The molecule has 4 rings (SSSR count). The largest absolute Gasteiger partial charge is 0.481 e. The van der Waals surface area contributed by atoms with Crippen molar-refractivity contribution in [3.05, 3.63) is 12.2 Å². The van der Waals surface area contributed by atoms with E-state index in [0.717, 1.165) is 38.4 Å². The van der Waals surface area contributed by atoms with Gasteiger partial charge in [-0.15, -0.1) is 0 Å². The second-order valence-corrected chi connectivity index (χ2v) is 9.32. The molecule has 0 amide bonds. The van der Waals surface area contributed by atoms with E-state index in [1.807, 2.05) is 6.92 Å². The van der Waals surface area contributed by atoms with Gasteiger partial charge in [-0.1, -0.05) is 25.5 Å². The van der Waals surface area contributed by atoms with E-state index in [2.05, 4.69) is 13.5 Å². The van der Waals surface area contributed by atoms with Crippen LogP contribution in [0.2, 0.25) is 0 Å². The van der Waals surface area contributed by atoms with E-state index in [1.165, 1.54) is 12.0 Å². The van der Waals surface area contributed by atoms with Crippen LogP contribution in [0, 0.1) is 39.9 Å². The Morgan fingerprint density at radius 2 is 2.04 bits per heavy atom. The maximum Gasteiger partial charge on any atom is 0.309 e. The molecule has 3 nitrogen and oxygen atoms in total. The molecule has 2 bridgehead atoms. The average molecular weight is 316 g/mol. The lowest BCUT2D eigenvalue weighted by Crippen LogP contribution is -2.49. The summed E-state index contributed by atoms with van der Waals surface area (Å²) in [5.41, 5.74) is 0.553. The topological polar surface area (TPSA) is 54.4 Å². The minimum atomic E-state index is -0.760. The highest BCUT2D eigenvalue weighted by Crippen LogP contribution is 2.77. The van der Waals surface area contributed by atoms with E-state index in [9.17, 15) is 14.7 Å². The summed E-state index contributed by atoms with van der Waals surface area (Å²) in [5, 5.41) is 9.99. The summed E-state index contributed by atoms with van der Waals surface area (Å²) in [6.45, 7) is 8.51. The van der Waals surface area contributed by atoms with Gasteiger partial charge in [0.2, 0.25) is 0 Å². The van der Waals surface area contributed by atoms with Crippen molar-refractivity contribution in [3.63, 3.8) is 0 Å². The number of carboxylic acid groups (broad SMARTS) is 1. The number of rotatable bonds is 2. The van der Waals surface area contributed by atoms with Gasteiger partial charge in [0.05, 0.1) is 5.41 Å². The number of hydrogen-bond acceptors (Lipinski definition) is 2. The first-order valence-electron chi connectivity index (χ1n) is 9.16. The highest BCUT2D eigenvalue weighted by molar-refractivity contribution is 5.76. The molecular formula is C20H28O3. The molecule has 0 radical (unpaired) electrons. The van der Waals surface area contributed by atoms with Gasteiger partial charge in [0.25, 0.3) is 0 Å². The zero-order valence-corrected chi connectivity index (χ0v) is 14.3. The number of carbonyl (C=O) groups is 2. The van der Waals surface area contributed by atoms with E-state index in [0.29, 0.717) is 18.3 Å². The van der Waals surface area contributed by atoms with Crippen LogP contribution >= 0.6 is 0 Å². The monoisotopic (exact) mass is 316 g/mol. The number of aliphatic carboxylic acids is 1. The summed E-state index contributed by atoms with van der Waals surface area (Å²) >= 11 is 0. The molecule has 0 aliphatic heterocycles. The van der Waals surface area contributed by atoms with Crippen molar-refractivity contribution in [2.24, 2.45) is 39.9 Å². The molecule has 4 saturated carbocycles. The van der Waals surface area contributed by atoms with Gasteiger partial charge < -0.3 is 9.90 Å². The maximum atomic E-state index is 12.2. The van der Waals surface area contributed by atoms with Gasteiger partial charge in [-0.25, -0.2) is 0 Å². The number of hydrogen-bond donors (Lipinski definition) is 1. The molecule has 0 aromatic rings. The fraction of sp³-hybridized carbons (Fsp3) is 0.800. The SMILES string of the molecule is C=C1CC23CC1CCC2C1(C)CCCC(C)(C(=O)O)C1C3C=O. The Morgan fingerprint density at radius 3 is 2.70 bits per heavy atom. The molecule has 4 aliphatic carbocycles. The number of fused-ring (bicyclic) bond motifs is 3. The van der Waals surface area contributed by atoms with Crippen LogP contribution in [0.4, 0.5) is 0 Å². The predicted octanol–water partition coefficient (Wildman–Crippen LogP) is 4.08. The number of carbonyl (C=O) groups excluding carboxylic acids is 1. The predicted molar refractivity (Wildman–Crippen MR) is 87.8 cm³/mol. The van der Waals surface area contributed by atoms with Crippen LogP contribution in [0.25, 0.3) is 0 Å². The molecule has 0 aromatic carbocycles. The minimum absolute atomic E-state index is 0.00220. The Morgan fingerprint density at radius 1 is 1.30 bits per heavy atom. The van der Waals surface area contributed by atoms with Gasteiger partial charge in [-0.05, 0) is 74.0 Å². The molecule has 23 heavy (non-hydrogen) atoms. The van der Waals surface area contributed by atoms with Crippen molar-refractivity contribution in [3.8, 4) is 0 Å². The minimum Gasteiger partial charge on any atom is -0.481 e. The smallest absolute Gasteiger partial charge is 0.309 e. The standard InChI is InChI=1S/C20H28O3/c1-12-9-20-10-13(12)5-6-15(20)18(2)7-4-8-19(3,17(22)23)16(18)14(20)11-21/h11,13-16H,1,4-10H2,2-3H3,(H,22,23). The van der Waals surface area contributed by atoms with Crippen LogP contribution in [0.5, 0.6) is 0 Å². The van der Waals surface area contributed by atoms with Gasteiger partial charge in [-0.2, -0.15) is 0 Å². The van der Waals surface area contributed by atoms with Gasteiger partial charge >= 0.3 is 5.97 Å². The van der Waals surface area contributed by atoms with Crippen LogP contribution in [-0.2, 0) is 9.59 Å². The van der Waals surface area contributed by atoms with E-state index in [4.69, 9.17) is 0 Å². The third kappa shape index (κ3) is 1.62. The molecule has 0 aromatic heterocycles. The van der Waals surface area contributed by atoms with Crippen LogP contribution in [-0.4, -0.2) is 17.4 Å². The van der Waals surface area contributed by atoms with Crippen LogP contribution in [0.15, 0.2) is 12.2 Å². The lowest BCUT2D eigenvalue weighted by molar-refractivity contribution is -0.161. The fourth-order valence-electron chi connectivity index (χ4n) is 7.80. The summed E-state index contributed by atoms with van der Waals surface area (Å²) in [4.78, 5) is 24.4. The van der Waals surface area contributed by atoms with Crippen LogP contribution in [0.1, 0.15) is 58.8 Å². The Labute approximate surface area is 138 Å². The zero-order valence-electron chi connectivity index (χ0n) is 14.3. The summed E-state index contributed by atoms with van der Waals surface area (Å²) in [5.74, 6) is 0.219. The summed E-state index contributed by atoms with van der Waals surface area (Å²) in [6, 6.07) is 0. The number of aldehydes is 1. The summed E-state index contributed by atoms with van der Waals surface area (Å²) in [7, 11) is 0. The molecule has 1 spiro atoms. The van der Waals surface area contributed by atoms with Crippen molar-refractivity contribution in [2.45, 2.75) is 58.8 Å². The van der Waals surface area contributed by atoms with Crippen molar-refractivity contribution < 1.29 is 14.7 Å². The highest BCUT2D eigenvalue weighted by atomic mass is 16.4. The van der Waals surface area contributed by atoms with Gasteiger partial charge in [0.1, 0.15) is 6.29 Å². The van der Waals surface area contributed by atoms with Gasteiger partial charge in [0.15, 0.2) is 0 Å². The summed E-state index contributed by atoms with van der Waals surface area (Å²) in [6.07, 6.45) is 8.25. The van der Waals surface area contributed by atoms with Gasteiger partial charge in [0, 0.05) is 5.92 Å². The van der Waals surface area contributed by atoms with E-state index in [-0.39, 0.29) is 22.7 Å². The third-order valence-electron chi connectivity index (χ3n) is 8.52. The molecule has 0 saturated heterocycles. The third-order valence-corrected chi connectivity index (χ3v) is 8.52. The molecule has 3 heteroatoms. The highest BCUT2D eigenvalue weighted by Gasteiger charge is 2.73. The van der Waals surface area contributed by atoms with Gasteiger partial charge in [-0.3, -0.25) is 4.79 Å². The van der Waals surface area contributed by atoms with E-state index >= 15 is 0 Å². The molecule has 0 heterocycles. The molecule has 4 aliphatic rings. The van der Waals surface area contributed by atoms with E-state index < -0.39 is 11.4 Å². The summed E-state index contributed by atoms with van der Waals surface area (Å²) < 4.78 is 0. The Bertz CT molecular complexity index is 596. The van der Waals surface area contributed by atoms with E-state index in [1.54, 1.807) is 0 Å².